The van der Waals surface area contributed by atoms with E-state index < -0.39 is 35.9 Å². The van der Waals surface area contributed by atoms with E-state index in [1.54, 1.807) is 29.2 Å². The van der Waals surface area contributed by atoms with Crippen molar-refractivity contribution in [3.63, 3.8) is 0 Å². The molecule has 200 valence electrons. The van der Waals surface area contributed by atoms with E-state index in [9.17, 15) is 27.6 Å². The van der Waals surface area contributed by atoms with Gasteiger partial charge in [-0.2, -0.15) is 13.2 Å². The second-order valence-corrected chi connectivity index (χ2v) is 10.1. The first kappa shape index (κ1) is 27.5. The number of ether oxygens (including phenoxy) is 2. The van der Waals surface area contributed by atoms with Crippen LogP contribution in [-0.4, -0.2) is 62.9 Å². The Kier molecular flexibility index (Phi) is 7.97. The third kappa shape index (κ3) is 6.10. The molecule has 0 saturated carbocycles. The summed E-state index contributed by atoms with van der Waals surface area (Å²) in [6.45, 7) is 2.00. The molecule has 38 heavy (non-hydrogen) atoms. The van der Waals surface area contributed by atoms with Gasteiger partial charge in [-0.15, -0.1) is 0 Å². The van der Waals surface area contributed by atoms with E-state index in [-0.39, 0.29) is 39.3 Å². The van der Waals surface area contributed by atoms with E-state index in [0.717, 1.165) is 34.4 Å². The minimum absolute atomic E-state index is 0.0116. The Hall–Kier alpha value is -3.58. The lowest BCUT2D eigenvalue weighted by Crippen LogP contribution is -2.34. The summed E-state index contributed by atoms with van der Waals surface area (Å²) in [5.41, 5.74) is -0.105. The van der Waals surface area contributed by atoms with Crippen LogP contribution < -0.4 is 4.74 Å². The van der Waals surface area contributed by atoms with Gasteiger partial charge < -0.3 is 19.5 Å². The zero-order valence-electron chi connectivity index (χ0n) is 19.9. The number of aliphatic carboxylic acids is 1. The molecule has 1 N–H and O–H groups in total. The second kappa shape index (κ2) is 11.0. The highest BCUT2D eigenvalue weighted by Gasteiger charge is 2.36. The van der Waals surface area contributed by atoms with Gasteiger partial charge in [0.25, 0.3) is 5.91 Å². The number of nitrogens with zero attached hydrogens (tertiary/aromatic N) is 2. The number of rotatable bonds is 8. The van der Waals surface area contributed by atoms with Crippen molar-refractivity contribution in [3.05, 3.63) is 64.1 Å². The number of thioether (sulfide) groups is 1. The second-order valence-electron chi connectivity index (χ2n) is 8.38. The van der Waals surface area contributed by atoms with Crippen molar-refractivity contribution in [2.24, 2.45) is 0 Å². The molecule has 1 unspecified atom stereocenters. The molecule has 0 aromatic heterocycles. The molecule has 2 saturated heterocycles. The Bertz CT molecular complexity index is 1310. The summed E-state index contributed by atoms with van der Waals surface area (Å²) >= 11 is 5.83. The molecule has 2 fully saturated rings. The average Bonchev–Trinajstić information content (AvgIpc) is 3.33. The van der Waals surface area contributed by atoms with Gasteiger partial charge in [0.05, 0.1) is 16.5 Å². The van der Waals surface area contributed by atoms with E-state index in [1.165, 1.54) is 12.1 Å². The number of likely N-dealkylation sites (N-methyl/N-ethyl adjacent to an activating group) is 1. The van der Waals surface area contributed by atoms with Crippen LogP contribution in [0.25, 0.3) is 6.08 Å². The van der Waals surface area contributed by atoms with Crippen molar-refractivity contribution in [2.75, 3.05) is 19.7 Å². The number of carboxylic acid groups (broad SMARTS) is 1. The zero-order valence-corrected chi connectivity index (χ0v) is 21.5. The number of thiocarbonyl (C=S) groups is 1. The van der Waals surface area contributed by atoms with E-state index >= 15 is 0 Å². The van der Waals surface area contributed by atoms with Gasteiger partial charge in [-0.05, 0) is 54.8 Å². The number of hydrogen-bond donors (Lipinski definition) is 1. The maximum absolute atomic E-state index is 13.9. The summed E-state index contributed by atoms with van der Waals surface area (Å²) in [6.07, 6.45) is -3.36. The summed E-state index contributed by atoms with van der Waals surface area (Å²) < 4.78 is 52.2. The molecule has 0 spiro atoms. The van der Waals surface area contributed by atoms with E-state index in [2.05, 4.69) is 0 Å². The first-order chi connectivity index (χ1) is 18.0. The number of cyclic esters (lactones) is 1. The number of hydrogen-bond acceptors (Lipinski definition) is 7. The van der Waals surface area contributed by atoms with Crippen molar-refractivity contribution in [3.8, 4) is 11.5 Å². The van der Waals surface area contributed by atoms with Gasteiger partial charge in [0.1, 0.15) is 29.0 Å². The predicted molar refractivity (Wildman–Crippen MR) is 137 cm³/mol. The monoisotopic (exact) mass is 566 g/mol. The Morgan fingerprint density at radius 3 is 2.58 bits per heavy atom. The highest BCUT2D eigenvalue weighted by molar-refractivity contribution is 8.26. The van der Waals surface area contributed by atoms with Gasteiger partial charge >= 0.3 is 18.2 Å². The van der Waals surface area contributed by atoms with Crippen LogP contribution in [0.5, 0.6) is 11.5 Å². The molecule has 0 bridgehead atoms. The van der Waals surface area contributed by atoms with Crippen LogP contribution in [0.2, 0.25) is 0 Å². The van der Waals surface area contributed by atoms with Crippen LogP contribution in [0.1, 0.15) is 23.6 Å². The van der Waals surface area contributed by atoms with Crippen molar-refractivity contribution in [1.82, 2.24) is 9.80 Å². The van der Waals surface area contributed by atoms with Crippen molar-refractivity contribution < 1.29 is 42.1 Å². The van der Waals surface area contributed by atoms with Gasteiger partial charge in [0.15, 0.2) is 0 Å². The van der Waals surface area contributed by atoms with Gasteiger partial charge in [0.2, 0.25) is 0 Å². The SMILES string of the molecule is CCN1C(=O)OCC1Cc1ccc(Oc2ccc(/C=C3/SC(=S)N(CC(=O)O)C3=O)cc2C(F)(F)F)cc1. The summed E-state index contributed by atoms with van der Waals surface area (Å²) in [6, 6.07) is 9.77. The maximum atomic E-state index is 13.9. The van der Waals surface area contributed by atoms with E-state index in [0.29, 0.717) is 13.0 Å². The molecule has 2 aliphatic rings. The zero-order chi connectivity index (χ0) is 27.6. The number of alkyl halides is 3. The molecule has 13 heteroatoms. The topological polar surface area (TPSA) is 96.4 Å². The molecule has 2 heterocycles. The van der Waals surface area contributed by atoms with Crippen LogP contribution in [-0.2, 0) is 26.9 Å². The van der Waals surface area contributed by atoms with Crippen molar-refractivity contribution >= 4 is 52.3 Å². The van der Waals surface area contributed by atoms with Crippen LogP contribution in [0.4, 0.5) is 18.0 Å². The fourth-order valence-electron chi connectivity index (χ4n) is 4.01. The quantitative estimate of drug-likeness (QED) is 0.346. The summed E-state index contributed by atoms with van der Waals surface area (Å²) in [7, 11) is 0. The smallest absolute Gasteiger partial charge is 0.420 e. The normalized spacial score (nSPS) is 18.9. The average molecular weight is 567 g/mol. The molecule has 0 radical (unpaired) electrons. The minimum atomic E-state index is -4.75. The molecule has 0 aliphatic carbocycles. The fraction of sp³-hybridized carbons (Fsp3) is 0.280. The number of amides is 2. The molecule has 2 aromatic rings. The third-order valence-corrected chi connectivity index (χ3v) is 7.19. The number of carbonyl (C=O) groups is 3. The molecule has 2 amide bonds. The predicted octanol–water partition coefficient (Wildman–Crippen LogP) is 5.17. The van der Waals surface area contributed by atoms with Gasteiger partial charge in [-0.1, -0.05) is 42.2 Å². The summed E-state index contributed by atoms with van der Waals surface area (Å²) in [5.74, 6) is -2.19. The standard InChI is InChI=1S/C25H21F3N2O6S2/c1-2-29-16(13-35-23(29)34)9-14-3-6-17(7-4-14)36-19-8-5-15(10-18(19)25(26,27)28)11-20-22(33)30(12-21(31)32)24(37)38-20/h3-8,10-11,16H,2,9,12-13H2,1H3,(H,31,32)/b20-11+. The molecule has 4 rings (SSSR count). The first-order valence-corrected chi connectivity index (χ1v) is 12.6. The van der Waals surface area contributed by atoms with Crippen molar-refractivity contribution in [2.45, 2.75) is 25.6 Å². The molecule has 8 nitrogen and oxygen atoms in total. The largest absolute Gasteiger partial charge is 0.480 e. The Balaban J connectivity index is 1.52. The summed E-state index contributed by atoms with van der Waals surface area (Å²) in [4.78, 5) is 37.6. The lowest BCUT2D eigenvalue weighted by Gasteiger charge is -2.19. The van der Waals surface area contributed by atoms with E-state index in [4.69, 9.17) is 26.8 Å². The van der Waals surface area contributed by atoms with Crippen molar-refractivity contribution in [1.29, 1.82) is 0 Å². The van der Waals surface area contributed by atoms with Crippen LogP contribution in [0, 0.1) is 0 Å². The lowest BCUT2D eigenvalue weighted by atomic mass is 10.1. The first-order valence-electron chi connectivity index (χ1n) is 11.3. The molecular weight excluding hydrogens is 545 g/mol. The third-order valence-electron chi connectivity index (χ3n) is 5.81. The van der Waals surface area contributed by atoms with E-state index in [1.807, 2.05) is 6.92 Å². The van der Waals surface area contributed by atoms with Crippen LogP contribution in [0.3, 0.4) is 0 Å². The number of benzene rings is 2. The Morgan fingerprint density at radius 1 is 1.24 bits per heavy atom. The number of halogens is 3. The van der Waals surface area contributed by atoms with Gasteiger partial charge in [0, 0.05) is 6.54 Å². The summed E-state index contributed by atoms with van der Waals surface area (Å²) in [5, 5.41) is 8.93. The molecule has 1 atom stereocenters. The van der Waals surface area contributed by atoms with Gasteiger partial charge in [-0.25, -0.2) is 4.79 Å². The molecule has 2 aromatic carbocycles. The molecule has 2 aliphatic heterocycles. The van der Waals surface area contributed by atoms with Gasteiger partial charge in [-0.3, -0.25) is 14.5 Å². The number of carboxylic acids is 1. The lowest BCUT2D eigenvalue weighted by molar-refractivity contribution is -0.140. The minimum Gasteiger partial charge on any atom is -0.480 e. The number of carbonyl (C=O) groups excluding carboxylic acids is 2. The fourth-order valence-corrected chi connectivity index (χ4v) is 5.26. The Labute approximate surface area is 225 Å². The highest BCUT2D eigenvalue weighted by atomic mass is 32.2. The maximum Gasteiger partial charge on any atom is 0.420 e. The molecular formula is C25H21F3N2O6S2. The Morgan fingerprint density at radius 2 is 1.95 bits per heavy atom. The van der Waals surface area contributed by atoms with Crippen LogP contribution in [0.15, 0.2) is 47.4 Å². The van der Waals surface area contributed by atoms with Crippen LogP contribution >= 0.6 is 24.0 Å². The highest BCUT2D eigenvalue weighted by Crippen LogP contribution is 2.40.